The van der Waals surface area contributed by atoms with Crippen LogP contribution in [0.2, 0.25) is 5.02 Å². The lowest BCUT2D eigenvalue weighted by Crippen LogP contribution is -2.16. The number of halogens is 1. The number of ether oxygens (including phenoxy) is 1. The van der Waals surface area contributed by atoms with Crippen molar-refractivity contribution in [2.24, 2.45) is 7.05 Å². The number of hydrogen-bond acceptors (Lipinski definition) is 5. The molecule has 0 saturated carbocycles. The number of carbonyl (C=O) groups excluding carboxylic acids is 2. The Morgan fingerprint density at radius 2 is 2.00 bits per heavy atom. The molecule has 0 aliphatic rings. The Morgan fingerprint density at radius 3 is 2.62 bits per heavy atom. The molecule has 0 radical (unpaired) electrons. The van der Waals surface area contributed by atoms with Crippen molar-refractivity contribution in [3.05, 3.63) is 65.1 Å². The topological polar surface area (TPSA) is 86.1 Å². The number of benzene rings is 1. The number of nitrogens with one attached hydrogen (secondary N) is 1. The van der Waals surface area contributed by atoms with E-state index in [1.165, 1.54) is 11.8 Å². The molecule has 3 rings (SSSR count). The van der Waals surface area contributed by atoms with E-state index >= 15 is 0 Å². The number of methoxy groups -OCH3 is 1. The van der Waals surface area contributed by atoms with Gasteiger partial charge in [0, 0.05) is 35.6 Å². The summed E-state index contributed by atoms with van der Waals surface area (Å²) in [7, 11) is 3.00. The molecule has 26 heavy (non-hydrogen) atoms. The van der Waals surface area contributed by atoms with Crippen molar-refractivity contribution in [1.29, 1.82) is 0 Å². The maximum absolute atomic E-state index is 12.2. The Morgan fingerprint density at radius 1 is 1.19 bits per heavy atom. The van der Waals surface area contributed by atoms with Crippen molar-refractivity contribution in [2.75, 3.05) is 12.4 Å². The molecule has 0 spiro atoms. The van der Waals surface area contributed by atoms with Crippen LogP contribution in [0, 0.1) is 0 Å². The van der Waals surface area contributed by atoms with Crippen LogP contribution in [0.15, 0.2) is 48.8 Å². The van der Waals surface area contributed by atoms with E-state index in [9.17, 15) is 9.59 Å². The number of aromatic nitrogens is 3. The molecule has 0 aliphatic carbocycles. The van der Waals surface area contributed by atoms with Crippen LogP contribution in [0.25, 0.3) is 11.1 Å². The summed E-state index contributed by atoms with van der Waals surface area (Å²) in [5, 5.41) is 7.13. The summed E-state index contributed by atoms with van der Waals surface area (Å²) >= 11 is 6.23. The molecule has 3 aromatic rings. The molecule has 132 valence electrons. The van der Waals surface area contributed by atoms with Gasteiger partial charge < -0.3 is 10.1 Å². The van der Waals surface area contributed by atoms with E-state index in [0.717, 1.165) is 0 Å². The van der Waals surface area contributed by atoms with Gasteiger partial charge in [0.15, 0.2) is 0 Å². The van der Waals surface area contributed by atoms with Gasteiger partial charge in [0.05, 0.1) is 12.7 Å². The van der Waals surface area contributed by atoms with Gasteiger partial charge in [0.25, 0.3) is 5.91 Å². The number of rotatable bonds is 4. The Kier molecular flexibility index (Phi) is 4.99. The SMILES string of the molecule is COC(=O)c1ccc(Cl)c(-c2ccc(NC(=O)c3ccnn3C)nc2)c1. The molecular formula is C18H15ClN4O3. The van der Waals surface area contributed by atoms with Crippen LogP contribution in [-0.2, 0) is 11.8 Å². The van der Waals surface area contributed by atoms with Crippen molar-refractivity contribution in [2.45, 2.75) is 0 Å². The Hall–Kier alpha value is -3.19. The van der Waals surface area contributed by atoms with E-state index in [1.807, 2.05) is 0 Å². The van der Waals surface area contributed by atoms with Crippen LogP contribution in [-0.4, -0.2) is 33.8 Å². The minimum Gasteiger partial charge on any atom is -0.465 e. The molecule has 1 aromatic carbocycles. The van der Waals surface area contributed by atoms with Crippen LogP contribution >= 0.6 is 11.6 Å². The third kappa shape index (κ3) is 3.57. The van der Waals surface area contributed by atoms with Crippen LogP contribution in [0.5, 0.6) is 0 Å². The normalized spacial score (nSPS) is 10.4. The molecule has 0 bridgehead atoms. The molecule has 0 atom stereocenters. The summed E-state index contributed by atoms with van der Waals surface area (Å²) in [5.41, 5.74) is 2.16. The highest BCUT2D eigenvalue weighted by atomic mass is 35.5. The molecule has 1 amide bonds. The fraction of sp³-hybridized carbons (Fsp3) is 0.111. The smallest absolute Gasteiger partial charge is 0.337 e. The van der Waals surface area contributed by atoms with Crippen LogP contribution in [0.3, 0.4) is 0 Å². The van der Waals surface area contributed by atoms with E-state index in [0.29, 0.717) is 33.2 Å². The Labute approximate surface area is 154 Å². The predicted molar refractivity (Wildman–Crippen MR) is 97.2 cm³/mol. The molecule has 7 nitrogen and oxygen atoms in total. The predicted octanol–water partition coefficient (Wildman–Crippen LogP) is 3.17. The van der Waals surface area contributed by atoms with Crippen molar-refractivity contribution < 1.29 is 14.3 Å². The highest BCUT2D eigenvalue weighted by Crippen LogP contribution is 2.29. The first kappa shape index (κ1) is 17.6. The first-order valence-electron chi connectivity index (χ1n) is 7.63. The zero-order valence-electron chi connectivity index (χ0n) is 14.1. The van der Waals surface area contributed by atoms with E-state index in [-0.39, 0.29) is 5.91 Å². The second-order valence-corrected chi connectivity index (χ2v) is 5.82. The summed E-state index contributed by atoms with van der Waals surface area (Å²) in [6.07, 6.45) is 3.11. The van der Waals surface area contributed by atoms with Gasteiger partial charge in [-0.2, -0.15) is 5.10 Å². The van der Waals surface area contributed by atoms with E-state index < -0.39 is 5.97 Å². The van der Waals surface area contributed by atoms with Crippen LogP contribution < -0.4 is 5.32 Å². The highest BCUT2D eigenvalue weighted by molar-refractivity contribution is 6.33. The molecule has 0 aliphatic heterocycles. The summed E-state index contributed by atoms with van der Waals surface area (Å²) in [5.74, 6) is -0.368. The number of esters is 1. The number of carbonyl (C=O) groups is 2. The molecular weight excluding hydrogens is 356 g/mol. The molecule has 0 unspecified atom stereocenters. The highest BCUT2D eigenvalue weighted by Gasteiger charge is 2.13. The number of hydrogen-bond donors (Lipinski definition) is 1. The van der Waals surface area contributed by atoms with Crippen molar-refractivity contribution in [3.63, 3.8) is 0 Å². The zero-order chi connectivity index (χ0) is 18.7. The fourth-order valence-electron chi connectivity index (χ4n) is 2.40. The summed E-state index contributed by atoms with van der Waals surface area (Å²) in [6, 6.07) is 9.88. The molecule has 1 N–H and O–H groups in total. The van der Waals surface area contributed by atoms with Gasteiger partial charge in [-0.05, 0) is 36.4 Å². The lowest BCUT2D eigenvalue weighted by molar-refractivity contribution is 0.0600. The largest absolute Gasteiger partial charge is 0.465 e. The van der Waals surface area contributed by atoms with E-state index in [4.69, 9.17) is 16.3 Å². The maximum Gasteiger partial charge on any atom is 0.337 e. The van der Waals surface area contributed by atoms with Gasteiger partial charge >= 0.3 is 5.97 Å². The Balaban J connectivity index is 1.83. The van der Waals surface area contributed by atoms with E-state index in [1.54, 1.807) is 55.8 Å². The van der Waals surface area contributed by atoms with Gasteiger partial charge in [0.1, 0.15) is 11.5 Å². The van der Waals surface area contributed by atoms with Crippen molar-refractivity contribution in [1.82, 2.24) is 14.8 Å². The van der Waals surface area contributed by atoms with Crippen LogP contribution in [0.1, 0.15) is 20.8 Å². The van der Waals surface area contributed by atoms with Crippen molar-refractivity contribution >= 4 is 29.3 Å². The standard InChI is InChI=1S/C18H15ClN4O3/c1-23-15(7-8-21-23)17(24)22-16-6-4-12(10-20-16)13-9-11(18(25)26-2)3-5-14(13)19/h3-10H,1-2H3,(H,20,22,24). The number of anilines is 1. The molecule has 2 aromatic heterocycles. The zero-order valence-corrected chi connectivity index (χ0v) is 14.8. The summed E-state index contributed by atoms with van der Waals surface area (Å²) in [6.45, 7) is 0. The third-order valence-electron chi connectivity index (χ3n) is 3.76. The fourth-order valence-corrected chi connectivity index (χ4v) is 2.62. The molecule has 0 saturated heterocycles. The molecule has 2 heterocycles. The maximum atomic E-state index is 12.2. The lowest BCUT2D eigenvalue weighted by atomic mass is 10.0. The first-order chi connectivity index (χ1) is 12.5. The van der Waals surface area contributed by atoms with Crippen LogP contribution in [0.4, 0.5) is 5.82 Å². The summed E-state index contributed by atoms with van der Waals surface area (Å²) in [4.78, 5) is 28.1. The average Bonchev–Trinajstić information content (AvgIpc) is 3.08. The summed E-state index contributed by atoms with van der Waals surface area (Å²) < 4.78 is 6.20. The van der Waals surface area contributed by atoms with Gasteiger partial charge in [-0.25, -0.2) is 9.78 Å². The van der Waals surface area contributed by atoms with E-state index in [2.05, 4.69) is 15.4 Å². The Bertz CT molecular complexity index is 967. The number of aryl methyl sites for hydroxylation is 1. The van der Waals surface area contributed by atoms with Gasteiger partial charge in [-0.15, -0.1) is 0 Å². The second-order valence-electron chi connectivity index (χ2n) is 5.41. The number of nitrogens with zero attached hydrogens (tertiary/aromatic N) is 3. The van der Waals surface area contributed by atoms with Crippen molar-refractivity contribution in [3.8, 4) is 11.1 Å². The van der Waals surface area contributed by atoms with Gasteiger partial charge in [0.2, 0.25) is 0 Å². The third-order valence-corrected chi connectivity index (χ3v) is 4.09. The first-order valence-corrected chi connectivity index (χ1v) is 8.01. The monoisotopic (exact) mass is 370 g/mol. The molecule has 0 fully saturated rings. The number of amides is 1. The quantitative estimate of drug-likeness (QED) is 0.713. The lowest BCUT2D eigenvalue weighted by Gasteiger charge is -2.09. The average molecular weight is 371 g/mol. The minimum atomic E-state index is -0.448. The van der Waals surface area contributed by atoms with Gasteiger partial charge in [-0.3, -0.25) is 9.48 Å². The van der Waals surface area contributed by atoms with Gasteiger partial charge in [-0.1, -0.05) is 11.6 Å². The molecule has 8 heteroatoms. The minimum absolute atomic E-state index is 0.309. The second kappa shape index (κ2) is 7.37. The number of pyridine rings is 1.